The molecule has 0 aromatic heterocycles. The Bertz CT molecular complexity index is 993. The average molecular weight is 546 g/mol. The zero-order valence-electron chi connectivity index (χ0n) is 22.0. The number of halogens is 2. The molecule has 2 N–H and O–H groups in total. The van der Waals surface area contributed by atoms with E-state index < -0.39 is 12.7 Å². The lowest BCUT2D eigenvalue weighted by Gasteiger charge is -2.49. The first-order chi connectivity index (χ1) is 17.5. The quantitative estimate of drug-likeness (QED) is 0.498. The van der Waals surface area contributed by atoms with Crippen molar-refractivity contribution in [1.82, 2.24) is 14.6 Å². The van der Waals surface area contributed by atoms with E-state index >= 15 is 0 Å². The number of amides is 1. The molecular formula is C28H38BCl2N3O3. The second-order valence-electron chi connectivity index (χ2n) is 11.1. The lowest BCUT2D eigenvalue weighted by Crippen LogP contribution is -2.63. The SMILES string of the molecule is CB(O)N1CCC(CC(=O)N2CCN(C(c3ccc(Cl)cc3)c3ccc(Cl)cc3)C[C@@H]2C(C)(C)O)CC1. The highest BCUT2D eigenvalue weighted by atomic mass is 35.5. The maximum Gasteiger partial charge on any atom is 0.376 e. The molecule has 1 atom stereocenters. The van der Waals surface area contributed by atoms with Crippen molar-refractivity contribution >= 4 is 36.2 Å². The number of nitrogens with zero attached hydrogens (tertiary/aromatic N) is 3. The van der Waals surface area contributed by atoms with Crippen LogP contribution in [0.3, 0.4) is 0 Å². The third-order valence-electron chi connectivity index (χ3n) is 7.93. The molecule has 2 fully saturated rings. The van der Waals surface area contributed by atoms with Crippen molar-refractivity contribution < 1.29 is 14.9 Å². The molecule has 2 heterocycles. The molecule has 2 aromatic carbocycles. The van der Waals surface area contributed by atoms with Gasteiger partial charge in [-0.15, -0.1) is 0 Å². The first-order valence-electron chi connectivity index (χ1n) is 13.2. The Kier molecular flexibility index (Phi) is 9.26. The van der Waals surface area contributed by atoms with Crippen molar-refractivity contribution in [3.8, 4) is 0 Å². The van der Waals surface area contributed by atoms with Crippen molar-refractivity contribution in [3.63, 3.8) is 0 Å². The number of piperidine rings is 1. The molecule has 2 saturated heterocycles. The monoisotopic (exact) mass is 545 g/mol. The van der Waals surface area contributed by atoms with Gasteiger partial charge in [-0.05, 0) is 87.9 Å². The summed E-state index contributed by atoms with van der Waals surface area (Å²) >= 11 is 12.4. The van der Waals surface area contributed by atoms with Crippen LogP contribution in [0, 0.1) is 5.92 Å². The van der Waals surface area contributed by atoms with Crippen LogP contribution in [0.4, 0.5) is 0 Å². The first-order valence-corrected chi connectivity index (χ1v) is 14.0. The zero-order valence-corrected chi connectivity index (χ0v) is 23.5. The summed E-state index contributed by atoms with van der Waals surface area (Å²) in [5, 5.41) is 22.4. The van der Waals surface area contributed by atoms with Gasteiger partial charge in [-0.2, -0.15) is 0 Å². The number of carbonyl (C=O) groups excluding carboxylic acids is 1. The van der Waals surface area contributed by atoms with E-state index in [2.05, 4.69) is 4.90 Å². The summed E-state index contributed by atoms with van der Waals surface area (Å²) in [5.41, 5.74) is 1.14. The average Bonchev–Trinajstić information content (AvgIpc) is 2.86. The second-order valence-corrected chi connectivity index (χ2v) is 11.9. The van der Waals surface area contributed by atoms with E-state index in [9.17, 15) is 14.9 Å². The summed E-state index contributed by atoms with van der Waals surface area (Å²) < 4.78 is 0. The van der Waals surface area contributed by atoms with Gasteiger partial charge in [0.25, 0.3) is 0 Å². The van der Waals surface area contributed by atoms with Crippen LogP contribution in [0.2, 0.25) is 16.9 Å². The van der Waals surface area contributed by atoms with Crippen molar-refractivity contribution in [2.45, 2.75) is 57.6 Å². The summed E-state index contributed by atoms with van der Waals surface area (Å²) in [6.07, 6.45) is 2.29. The predicted molar refractivity (Wildman–Crippen MR) is 151 cm³/mol. The van der Waals surface area contributed by atoms with Crippen LogP contribution in [0.25, 0.3) is 0 Å². The minimum atomic E-state index is -1.06. The number of rotatable bonds is 7. The van der Waals surface area contributed by atoms with E-state index in [0.717, 1.165) is 37.1 Å². The Morgan fingerprint density at radius 3 is 1.95 bits per heavy atom. The van der Waals surface area contributed by atoms with Gasteiger partial charge < -0.3 is 19.8 Å². The van der Waals surface area contributed by atoms with E-state index in [-0.39, 0.29) is 18.0 Å². The lowest BCUT2D eigenvalue weighted by atomic mass is 9.80. The highest BCUT2D eigenvalue weighted by Gasteiger charge is 2.42. The highest BCUT2D eigenvalue weighted by Crippen LogP contribution is 2.34. The largest absolute Gasteiger partial charge is 0.437 e. The Morgan fingerprint density at radius 2 is 1.49 bits per heavy atom. The number of benzene rings is 2. The molecule has 9 heteroatoms. The first kappa shape index (κ1) is 28.4. The standard InChI is InChI=1S/C28H38BCl2N3O3/c1-28(2,36)25-19-32(16-17-34(25)26(35)18-20-12-14-33(15-13-20)29(3)37)27(21-4-8-23(30)9-5-21)22-6-10-24(31)11-7-22/h4-11,20,25,27,36-37H,12-19H2,1-3H3/t25-/m1/s1. The molecule has 2 aliphatic rings. The van der Waals surface area contributed by atoms with E-state index in [4.69, 9.17) is 23.2 Å². The highest BCUT2D eigenvalue weighted by molar-refractivity contribution is 6.45. The maximum absolute atomic E-state index is 13.5. The van der Waals surface area contributed by atoms with Gasteiger partial charge in [0.1, 0.15) is 0 Å². The third-order valence-corrected chi connectivity index (χ3v) is 8.43. The van der Waals surface area contributed by atoms with Gasteiger partial charge in [-0.3, -0.25) is 9.69 Å². The molecule has 0 radical (unpaired) electrons. The molecule has 37 heavy (non-hydrogen) atoms. The lowest BCUT2D eigenvalue weighted by molar-refractivity contribution is -0.146. The van der Waals surface area contributed by atoms with Crippen LogP contribution in [0.15, 0.2) is 48.5 Å². The minimum Gasteiger partial charge on any atom is -0.437 e. The molecule has 0 aliphatic carbocycles. The zero-order chi connectivity index (χ0) is 26.7. The van der Waals surface area contributed by atoms with Gasteiger partial charge in [0.15, 0.2) is 0 Å². The van der Waals surface area contributed by atoms with Crippen LogP contribution in [0.5, 0.6) is 0 Å². The Morgan fingerprint density at radius 1 is 0.973 bits per heavy atom. The normalized spacial score (nSPS) is 20.4. The van der Waals surface area contributed by atoms with Crippen molar-refractivity contribution in [1.29, 1.82) is 0 Å². The van der Waals surface area contributed by atoms with Gasteiger partial charge in [0, 0.05) is 36.1 Å². The van der Waals surface area contributed by atoms with E-state index in [1.54, 1.807) is 20.7 Å². The molecule has 0 saturated carbocycles. The molecule has 200 valence electrons. The molecule has 0 bridgehead atoms. The molecule has 0 unspecified atom stereocenters. The molecule has 2 aromatic rings. The number of carbonyl (C=O) groups is 1. The fourth-order valence-electron chi connectivity index (χ4n) is 5.74. The Labute approximate surface area is 231 Å². The smallest absolute Gasteiger partial charge is 0.376 e. The van der Waals surface area contributed by atoms with Crippen LogP contribution < -0.4 is 0 Å². The van der Waals surface area contributed by atoms with Gasteiger partial charge in [-0.1, -0.05) is 47.5 Å². The molecule has 1 amide bonds. The fourth-order valence-corrected chi connectivity index (χ4v) is 5.99. The van der Waals surface area contributed by atoms with E-state index in [1.165, 1.54) is 0 Å². The molecule has 0 spiro atoms. The number of aliphatic hydroxyl groups is 1. The molecule has 6 nitrogen and oxygen atoms in total. The van der Waals surface area contributed by atoms with Crippen molar-refractivity contribution in [2.75, 3.05) is 32.7 Å². The summed E-state index contributed by atoms with van der Waals surface area (Å²) in [6.45, 7) is 8.78. The number of hydrogen-bond donors (Lipinski definition) is 2. The second kappa shape index (κ2) is 12.1. The van der Waals surface area contributed by atoms with Crippen LogP contribution >= 0.6 is 23.2 Å². The Hall–Kier alpha value is -1.61. The Balaban J connectivity index is 1.53. The number of hydrogen-bond acceptors (Lipinski definition) is 5. The number of piperazine rings is 1. The van der Waals surface area contributed by atoms with Crippen molar-refractivity contribution in [3.05, 3.63) is 69.7 Å². The van der Waals surface area contributed by atoms with Crippen LogP contribution in [-0.4, -0.2) is 82.1 Å². The summed E-state index contributed by atoms with van der Waals surface area (Å²) in [5.74, 6) is 0.413. The maximum atomic E-state index is 13.5. The van der Waals surface area contributed by atoms with E-state index in [1.807, 2.05) is 58.2 Å². The van der Waals surface area contributed by atoms with Crippen molar-refractivity contribution in [2.24, 2.45) is 5.92 Å². The minimum absolute atomic E-state index is 0.0542. The van der Waals surface area contributed by atoms with Gasteiger partial charge in [0.2, 0.25) is 5.91 Å². The third kappa shape index (κ3) is 7.08. The molecule has 2 aliphatic heterocycles. The van der Waals surface area contributed by atoms with Crippen LogP contribution in [-0.2, 0) is 4.79 Å². The molecular weight excluding hydrogens is 508 g/mol. The van der Waals surface area contributed by atoms with Gasteiger partial charge in [0.05, 0.1) is 17.7 Å². The fraction of sp³-hybridized carbons (Fsp3) is 0.536. The van der Waals surface area contributed by atoms with E-state index in [0.29, 0.717) is 42.0 Å². The molecule has 4 rings (SSSR count). The summed E-state index contributed by atoms with van der Waals surface area (Å²) in [4.78, 5) is 19.8. The van der Waals surface area contributed by atoms with Gasteiger partial charge >= 0.3 is 7.05 Å². The van der Waals surface area contributed by atoms with Gasteiger partial charge in [-0.25, -0.2) is 0 Å². The summed E-state index contributed by atoms with van der Waals surface area (Å²) in [7, 11) is -0.446. The topological polar surface area (TPSA) is 67.2 Å². The van der Waals surface area contributed by atoms with Crippen LogP contribution in [0.1, 0.15) is 50.3 Å². The predicted octanol–water partition coefficient (Wildman–Crippen LogP) is 4.58. The summed E-state index contributed by atoms with van der Waals surface area (Å²) in [6, 6.07) is 15.4.